The topological polar surface area (TPSA) is 69.4 Å². The Bertz CT molecular complexity index is 284. The summed E-state index contributed by atoms with van der Waals surface area (Å²) in [4.78, 5) is 0. The molecule has 0 saturated carbocycles. The van der Waals surface area contributed by atoms with Crippen molar-refractivity contribution in [3.8, 4) is 0 Å². The van der Waals surface area contributed by atoms with Gasteiger partial charge in [-0.05, 0) is 11.5 Å². The van der Waals surface area contributed by atoms with Crippen LogP contribution in [-0.2, 0) is 9.47 Å². The van der Waals surface area contributed by atoms with E-state index in [9.17, 15) is 0 Å². The Morgan fingerprint density at radius 3 is 2.71 bits per heavy atom. The van der Waals surface area contributed by atoms with E-state index in [2.05, 4.69) is 9.69 Å². The van der Waals surface area contributed by atoms with E-state index in [-0.39, 0.29) is 6.04 Å². The minimum Gasteiger partial charge on any atom is -0.383 e. The Kier molecular flexibility index (Phi) is 3.18. The number of nitrogens with two attached hydrogens (primary N) is 1. The van der Waals surface area contributed by atoms with E-state index in [0.29, 0.717) is 32.2 Å². The Balaban J connectivity index is 1.89. The van der Waals surface area contributed by atoms with Crippen molar-refractivity contribution in [2.24, 2.45) is 0 Å². The molecule has 0 bridgehead atoms. The molecule has 0 spiro atoms. The number of nitrogens with one attached hydrogen (secondary N) is 1. The van der Waals surface area contributed by atoms with Crippen molar-refractivity contribution in [1.29, 1.82) is 0 Å². The zero-order valence-corrected chi connectivity index (χ0v) is 8.55. The first-order valence-corrected chi connectivity index (χ1v) is 5.26. The highest BCUT2D eigenvalue weighted by Crippen LogP contribution is 2.18. The number of hydrogen-bond donors (Lipinski definition) is 2. The van der Waals surface area contributed by atoms with Crippen LogP contribution in [0.2, 0.25) is 0 Å². The van der Waals surface area contributed by atoms with Gasteiger partial charge in [0.05, 0.1) is 32.5 Å². The molecule has 0 unspecified atom stereocenters. The lowest BCUT2D eigenvalue weighted by Crippen LogP contribution is -2.27. The molecule has 78 valence electrons. The van der Waals surface area contributed by atoms with Crippen LogP contribution in [0, 0.1) is 0 Å². The maximum atomic E-state index is 5.51. The largest absolute Gasteiger partial charge is 0.383 e. The molecule has 14 heavy (non-hydrogen) atoms. The molecule has 0 radical (unpaired) electrons. The molecule has 0 amide bonds. The number of anilines is 2. The second-order valence-electron chi connectivity index (χ2n) is 3.11. The standard InChI is InChI=1S/C8H13N3O2S/c9-7-3-8(14-11-7)10-6-4-12-1-2-13-5-6/h3,6,10H,1-2,4-5H2,(H2,9,11). The Hall–Kier alpha value is -0.850. The fourth-order valence-corrected chi connectivity index (χ4v) is 1.91. The molecule has 0 aromatic carbocycles. The Morgan fingerprint density at radius 1 is 1.43 bits per heavy atom. The summed E-state index contributed by atoms with van der Waals surface area (Å²) in [5.74, 6) is 0.549. The van der Waals surface area contributed by atoms with E-state index in [1.165, 1.54) is 11.5 Å². The van der Waals surface area contributed by atoms with Crippen molar-refractivity contribution in [2.45, 2.75) is 6.04 Å². The van der Waals surface area contributed by atoms with Gasteiger partial charge in [-0.1, -0.05) is 0 Å². The predicted octanol–water partition coefficient (Wildman–Crippen LogP) is 0.553. The highest BCUT2D eigenvalue weighted by Gasteiger charge is 2.13. The summed E-state index contributed by atoms with van der Waals surface area (Å²) >= 11 is 1.35. The normalized spacial score (nSPS) is 19.1. The van der Waals surface area contributed by atoms with E-state index >= 15 is 0 Å². The first-order valence-electron chi connectivity index (χ1n) is 4.49. The van der Waals surface area contributed by atoms with E-state index in [4.69, 9.17) is 15.2 Å². The molecule has 2 heterocycles. The molecule has 1 fully saturated rings. The zero-order valence-electron chi connectivity index (χ0n) is 7.73. The molecule has 3 N–H and O–H groups in total. The highest BCUT2D eigenvalue weighted by molar-refractivity contribution is 7.10. The monoisotopic (exact) mass is 215 g/mol. The minimum atomic E-state index is 0.192. The van der Waals surface area contributed by atoms with Crippen molar-refractivity contribution in [3.63, 3.8) is 0 Å². The number of nitrogen functional groups attached to an aromatic ring is 1. The minimum absolute atomic E-state index is 0.192. The molecule has 1 aromatic rings. The Labute approximate surface area is 86.4 Å². The smallest absolute Gasteiger partial charge is 0.139 e. The third-order valence-electron chi connectivity index (χ3n) is 1.88. The fraction of sp³-hybridized carbons (Fsp3) is 0.625. The summed E-state index contributed by atoms with van der Waals surface area (Å²) in [6.07, 6.45) is 0. The highest BCUT2D eigenvalue weighted by atomic mass is 32.1. The number of aromatic nitrogens is 1. The van der Waals surface area contributed by atoms with Crippen molar-refractivity contribution < 1.29 is 9.47 Å². The van der Waals surface area contributed by atoms with Gasteiger partial charge in [0.2, 0.25) is 0 Å². The number of nitrogens with zero attached hydrogens (tertiary/aromatic N) is 1. The van der Waals surface area contributed by atoms with Crippen LogP contribution in [0.3, 0.4) is 0 Å². The van der Waals surface area contributed by atoms with Crippen LogP contribution in [0.5, 0.6) is 0 Å². The molecule has 5 nitrogen and oxygen atoms in total. The molecule has 1 aliphatic rings. The number of rotatable bonds is 2. The van der Waals surface area contributed by atoms with Crippen molar-refractivity contribution in [2.75, 3.05) is 37.5 Å². The molecular weight excluding hydrogens is 202 g/mol. The van der Waals surface area contributed by atoms with Crippen LogP contribution in [0.4, 0.5) is 10.8 Å². The van der Waals surface area contributed by atoms with Gasteiger partial charge < -0.3 is 20.5 Å². The van der Waals surface area contributed by atoms with Gasteiger partial charge in [-0.15, -0.1) is 0 Å². The van der Waals surface area contributed by atoms with Gasteiger partial charge in [0, 0.05) is 6.07 Å². The molecule has 1 saturated heterocycles. The first kappa shape index (κ1) is 9.70. The molecule has 1 aromatic heterocycles. The summed E-state index contributed by atoms with van der Waals surface area (Å²) in [7, 11) is 0. The lowest BCUT2D eigenvalue weighted by molar-refractivity contribution is 0.103. The molecule has 2 rings (SSSR count). The predicted molar refractivity (Wildman–Crippen MR) is 55.6 cm³/mol. The van der Waals surface area contributed by atoms with Crippen LogP contribution in [0.1, 0.15) is 0 Å². The second-order valence-corrected chi connectivity index (χ2v) is 3.91. The van der Waals surface area contributed by atoms with Crippen molar-refractivity contribution in [3.05, 3.63) is 6.07 Å². The van der Waals surface area contributed by atoms with Gasteiger partial charge in [-0.3, -0.25) is 0 Å². The average Bonchev–Trinajstić information content (AvgIpc) is 2.43. The SMILES string of the molecule is Nc1cc(NC2COCCOC2)sn1. The maximum absolute atomic E-state index is 5.51. The summed E-state index contributed by atoms with van der Waals surface area (Å²) in [5, 5.41) is 4.23. The molecule has 1 aliphatic heterocycles. The summed E-state index contributed by atoms with van der Waals surface area (Å²) in [5.41, 5.74) is 5.51. The number of ether oxygens (including phenoxy) is 2. The van der Waals surface area contributed by atoms with E-state index in [1.54, 1.807) is 0 Å². The van der Waals surface area contributed by atoms with Gasteiger partial charge in [0.15, 0.2) is 0 Å². The van der Waals surface area contributed by atoms with Crippen LogP contribution in [0.15, 0.2) is 6.07 Å². The number of hydrogen-bond acceptors (Lipinski definition) is 6. The van der Waals surface area contributed by atoms with Crippen molar-refractivity contribution >= 4 is 22.4 Å². The molecule has 6 heteroatoms. The maximum Gasteiger partial charge on any atom is 0.139 e. The first-order chi connectivity index (χ1) is 6.84. The van der Waals surface area contributed by atoms with Crippen LogP contribution in [0.25, 0.3) is 0 Å². The Morgan fingerprint density at radius 2 is 2.14 bits per heavy atom. The summed E-state index contributed by atoms with van der Waals surface area (Å²) in [6.45, 7) is 2.67. The second kappa shape index (κ2) is 4.59. The van der Waals surface area contributed by atoms with E-state index in [0.717, 1.165) is 5.00 Å². The fourth-order valence-electron chi connectivity index (χ4n) is 1.26. The lowest BCUT2D eigenvalue weighted by atomic mass is 10.3. The van der Waals surface area contributed by atoms with E-state index in [1.807, 2.05) is 6.07 Å². The average molecular weight is 215 g/mol. The molecular formula is C8H13N3O2S. The van der Waals surface area contributed by atoms with Crippen LogP contribution < -0.4 is 11.1 Å². The van der Waals surface area contributed by atoms with E-state index < -0.39 is 0 Å². The van der Waals surface area contributed by atoms with Crippen molar-refractivity contribution in [1.82, 2.24) is 4.37 Å². The van der Waals surface area contributed by atoms with Gasteiger partial charge in [0.1, 0.15) is 10.8 Å². The van der Waals surface area contributed by atoms with Gasteiger partial charge in [0.25, 0.3) is 0 Å². The van der Waals surface area contributed by atoms with Crippen LogP contribution >= 0.6 is 11.5 Å². The van der Waals surface area contributed by atoms with Gasteiger partial charge >= 0.3 is 0 Å². The quantitative estimate of drug-likeness (QED) is 0.754. The zero-order chi connectivity index (χ0) is 9.80. The summed E-state index contributed by atoms with van der Waals surface area (Å²) < 4.78 is 14.7. The summed E-state index contributed by atoms with van der Waals surface area (Å²) in [6, 6.07) is 2.01. The molecule has 0 atom stereocenters. The van der Waals surface area contributed by atoms with Gasteiger partial charge in [-0.2, -0.15) is 4.37 Å². The molecule has 0 aliphatic carbocycles. The third kappa shape index (κ3) is 2.57. The van der Waals surface area contributed by atoms with Crippen LogP contribution in [-0.4, -0.2) is 36.8 Å². The lowest BCUT2D eigenvalue weighted by Gasteiger charge is -2.14. The third-order valence-corrected chi connectivity index (χ3v) is 2.62. The van der Waals surface area contributed by atoms with Gasteiger partial charge in [-0.25, -0.2) is 0 Å².